The molecule has 1 N–H and O–H groups in total. The number of hydrogen-bond acceptors (Lipinski definition) is 5. The van der Waals surface area contributed by atoms with Crippen molar-refractivity contribution < 1.29 is 19.4 Å². The summed E-state index contributed by atoms with van der Waals surface area (Å²) in [6.45, 7) is 3.30. The molecule has 0 bridgehead atoms. The summed E-state index contributed by atoms with van der Waals surface area (Å²) in [7, 11) is 0. The molecule has 8 heteroatoms. The maximum atomic E-state index is 13.2. The number of amides is 1. The van der Waals surface area contributed by atoms with E-state index in [0.717, 1.165) is 33.2 Å². The molecule has 1 saturated heterocycles. The summed E-state index contributed by atoms with van der Waals surface area (Å²) >= 11 is 7.43. The first-order chi connectivity index (χ1) is 16.4. The number of benzene rings is 2. The van der Waals surface area contributed by atoms with Crippen molar-refractivity contribution in [2.45, 2.75) is 45.3 Å². The number of carbonyl (C=O) groups excluding carboxylic acids is 1. The Balaban J connectivity index is 1.35. The number of carbonyl (C=O) groups is 2. The van der Waals surface area contributed by atoms with Gasteiger partial charge in [-0.3, -0.25) is 9.59 Å². The Morgan fingerprint density at radius 1 is 1.15 bits per heavy atom. The Bertz CT molecular complexity index is 1130. The Labute approximate surface area is 208 Å². The maximum absolute atomic E-state index is 13.2. The maximum Gasteiger partial charge on any atom is 0.303 e. The number of aryl methyl sites for hydroxylation is 1. The van der Waals surface area contributed by atoms with Crippen molar-refractivity contribution in [1.29, 1.82) is 0 Å². The highest BCUT2D eigenvalue weighted by Crippen LogP contribution is 2.39. The number of nitrogens with zero attached hydrogens (tertiary/aromatic N) is 2. The quantitative estimate of drug-likeness (QED) is 0.418. The third kappa shape index (κ3) is 6.15. The third-order valence-corrected chi connectivity index (χ3v) is 7.41. The summed E-state index contributed by atoms with van der Waals surface area (Å²) in [6.07, 6.45) is 3.55. The predicted octanol–water partition coefficient (Wildman–Crippen LogP) is 5.54. The molecule has 4 rings (SSSR count). The van der Waals surface area contributed by atoms with Crippen LogP contribution in [0.2, 0.25) is 5.02 Å². The molecule has 0 spiro atoms. The van der Waals surface area contributed by atoms with Gasteiger partial charge < -0.3 is 14.7 Å². The second-order valence-corrected chi connectivity index (χ2v) is 10.2. The van der Waals surface area contributed by atoms with Crippen LogP contribution >= 0.6 is 22.9 Å². The van der Waals surface area contributed by atoms with Crippen LogP contribution in [0.5, 0.6) is 5.75 Å². The zero-order valence-corrected chi connectivity index (χ0v) is 20.5. The molecule has 1 aliphatic heterocycles. The van der Waals surface area contributed by atoms with Gasteiger partial charge in [0.05, 0.1) is 18.9 Å². The lowest BCUT2D eigenvalue weighted by Gasteiger charge is -2.25. The molecule has 1 aromatic heterocycles. The molecular weight excluding hydrogens is 472 g/mol. The van der Waals surface area contributed by atoms with Gasteiger partial charge in [0.2, 0.25) is 5.91 Å². The van der Waals surface area contributed by atoms with E-state index in [9.17, 15) is 9.59 Å². The highest BCUT2D eigenvalue weighted by Gasteiger charge is 2.37. The molecule has 3 aromatic rings. The average molecular weight is 499 g/mol. The van der Waals surface area contributed by atoms with Crippen LogP contribution in [0.1, 0.15) is 46.8 Å². The largest absolute Gasteiger partial charge is 0.489 e. The van der Waals surface area contributed by atoms with Crippen molar-refractivity contribution in [2.24, 2.45) is 5.92 Å². The average Bonchev–Trinajstić information content (AvgIpc) is 3.44. The predicted molar refractivity (Wildman–Crippen MR) is 132 cm³/mol. The summed E-state index contributed by atoms with van der Waals surface area (Å²) in [5.41, 5.74) is 1.97. The molecule has 178 valence electrons. The van der Waals surface area contributed by atoms with E-state index in [-0.39, 0.29) is 18.4 Å². The molecule has 34 heavy (non-hydrogen) atoms. The molecule has 1 fully saturated rings. The minimum Gasteiger partial charge on any atom is -0.489 e. The fourth-order valence-electron chi connectivity index (χ4n) is 4.14. The molecule has 0 aliphatic carbocycles. The van der Waals surface area contributed by atoms with Gasteiger partial charge in [-0.1, -0.05) is 42.8 Å². The van der Waals surface area contributed by atoms with Crippen LogP contribution in [0.4, 0.5) is 0 Å². The van der Waals surface area contributed by atoms with Crippen LogP contribution in [-0.4, -0.2) is 33.4 Å². The molecule has 2 heterocycles. The summed E-state index contributed by atoms with van der Waals surface area (Å²) in [4.78, 5) is 31.4. The van der Waals surface area contributed by atoms with Crippen LogP contribution in [0.25, 0.3) is 0 Å². The lowest BCUT2D eigenvalue weighted by Crippen LogP contribution is -2.33. The first-order valence-electron chi connectivity index (χ1n) is 11.3. The first kappa shape index (κ1) is 24.2. The molecule has 1 aliphatic rings. The minimum absolute atomic E-state index is 0.0574. The van der Waals surface area contributed by atoms with Crippen molar-refractivity contribution in [3.8, 4) is 5.75 Å². The second-order valence-electron chi connectivity index (χ2n) is 8.59. The standard InChI is InChI=1S/C26H27ClN2O4S/c1-17-12-13-29(25(17)26-28-15-22(34-26)10-11-24(31)32)23(30)14-18-4-8-21(9-5-18)33-16-19-2-6-20(27)7-3-19/h2-9,15,17,25H,10-14,16H2,1H3,(H,31,32). The van der Waals surface area contributed by atoms with Gasteiger partial charge in [-0.05, 0) is 54.2 Å². The topological polar surface area (TPSA) is 79.7 Å². The minimum atomic E-state index is -0.817. The van der Waals surface area contributed by atoms with E-state index in [1.54, 1.807) is 6.20 Å². The molecular formula is C26H27ClN2O4S. The summed E-state index contributed by atoms with van der Waals surface area (Å²) in [6, 6.07) is 15.1. The number of likely N-dealkylation sites (tertiary alicyclic amines) is 1. The number of aromatic nitrogens is 1. The Morgan fingerprint density at radius 3 is 2.56 bits per heavy atom. The number of carboxylic acid groups (broad SMARTS) is 1. The van der Waals surface area contributed by atoms with Gasteiger partial charge in [-0.2, -0.15) is 0 Å². The van der Waals surface area contributed by atoms with Crippen LogP contribution in [0, 0.1) is 5.92 Å². The van der Waals surface area contributed by atoms with E-state index >= 15 is 0 Å². The number of hydrogen-bond donors (Lipinski definition) is 1. The molecule has 1 amide bonds. The van der Waals surface area contributed by atoms with Crippen molar-refractivity contribution in [3.05, 3.63) is 80.8 Å². The number of aliphatic carboxylic acids is 1. The van der Waals surface area contributed by atoms with Crippen LogP contribution in [0.3, 0.4) is 0 Å². The van der Waals surface area contributed by atoms with Crippen molar-refractivity contribution in [1.82, 2.24) is 9.88 Å². The zero-order chi connectivity index (χ0) is 24.1. The van der Waals surface area contributed by atoms with E-state index in [0.29, 0.717) is 36.9 Å². The zero-order valence-electron chi connectivity index (χ0n) is 18.9. The van der Waals surface area contributed by atoms with Crippen molar-refractivity contribution in [2.75, 3.05) is 6.54 Å². The first-order valence-corrected chi connectivity index (χ1v) is 12.5. The number of halogens is 1. The van der Waals surface area contributed by atoms with Crippen molar-refractivity contribution in [3.63, 3.8) is 0 Å². The Hall–Kier alpha value is -2.90. The highest BCUT2D eigenvalue weighted by atomic mass is 35.5. The molecule has 2 aromatic carbocycles. The fourth-order valence-corrected chi connectivity index (χ4v) is 5.43. The second kappa shape index (κ2) is 11.0. The van der Waals surface area contributed by atoms with E-state index in [2.05, 4.69) is 11.9 Å². The summed E-state index contributed by atoms with van der Waals surface area (Å²) in [5.74, 6) is 0.315. The molecule has 0 saturated carbocycles. The van der Waals surface area contributed by atoms with Gasteiger partial charge in [-0.25, -0.2) is 4.98 Å². The summed E-state index contributed by atoms with van der Waals surface area (Å²) in [5, 5.41) is 10.5. The Morgan fingerprint density at radius 2 is 1.85 bits per heavy atom. The molecule has 0 radical (unpaired) electrons. The Kier molecular flexibility index (Phi) is 7.85. The van der Waals surface area contributed by atoms with Gasteiger partial charge in [-0.15, -0.1) is 11.3 Å². The van der Waals surface area contributed by atoms with E-state index in [1.807, 2.05) is 53.4 Å². The van der Waals surface area contributed by atoms with E-state index < -0.39 is 5.97 Å². The van der Waals surface area contributed by atoms with E-state index in [4.69, 9.17) is 21.4 Å². The van der Waals surface area contributed by atoms with Gasteiger partial charge in [0.15, 0.2) is 0 Å². The lowest BCUT2D eigenvalue weighted by atomic mass is 10.0. The number of ether oxygens (including phenoxy) is 1. The number of thiazole rings is 1. The molecule has 2 unspecified atom stereocenters. The van der Waals surface area contributed by atoms with Gasteiger partial charge >= 0.3 is 5.97 Å². The van der Waals surface area contributed by atoms with Gasteiger partial charge in [0.1, 0.15) is 17.4 Å². The molecule has 2 atom stereocenters. The molecule has 6 nitrogen and oxygen atoms in total. The third-order valence-electron chi connectivity index (χ3n) is 6.03. The number of carboxylic acids is 1. The van der Waals surface area contributed by atoms with Crippen molar-refractivity contribution >= 4 is 34.8 Å². The normalized spacial score (nSPS) is 17.6. The smallest absolute Gasteiger partial charge is 0.303 e. The van der Waals surface area contributed by atoms with Gasteiger partial charge in [0.25, 0.3) is 0 Å². The number of rotatable bonds is 9. The SMILES string of the molecule is CC1CCN(C(=O)Cc2ccc(OCc3ccc(Cl)cc3)cc2)C1c1ncc(CCC(=O)O)s1. The highest BCUT2D eigenvalue weighted by molar-refractivity contribution is 7.11. The van der Waals surface area contributed by atoms with Crippen LogP contribution in [-0.2, 0) is 29.0 Å². The van der Waals surface area contributed by atoms with E-state index in [1.165, 1.54) is 11.3 Å². The fraction of sp³-hybridized carbons (Fsp3) is 0.346. The monoisotopic (exact) mass is 498 g/mol. The van der Waals surface area contributed by atoms with Crippen LogP contribution in [0.15, 0.2) is 54.7 Å². The van der Waals surface area contributed by atoms with Crippen LogP contribution < -0.4 is 4.74 Å². The van der Waals surface area contributed by atoms with Gasteiger partial charge in [0, 0.05) is 22.6 Å². The summed E-state index contributed by atoms with van der Waals surface area (Å²) < 4.78 is 5.84. The lowest BCUT2D eigenvalue weighted by molar-refractivity contribution is -0.137.